The molecule has 1 amide bonds. The Balaban J connectivity index is 1.95. The summed E-state index contributed by atoms with van der Waals surface area (Å²) in [4.78, 5) is 18.4. The molecule has 5 nitrogen and oxygen atoms in total. The van der Waals surface area contributed by atoms with E-state index in [1.54, 1.807) is 5.38 Å². The van der Waals surface area contributed by atoms with Crippen LogP contribution in [0, 0.1) is 0 Å². The van der Waals surface area contributed by atoms with Crippen molar-refractivity contribution in [2.45, 2.75) is 25.4 Å². The van der Waals surface area contributed by atoms with Gasteiger partial charge in [0.2, 0.25) is 0 Å². The summed E-state index contributed by atoms with van der Waals surface area (Å²) in [5.41, 5.74) is 6.20. The summed E-state index contributed by atoms with van der Waals surface area (Å²) in [5, 5.41) is 5.58. The molecule has 0 spiro atoms. The predicted octanol–water partition coefficient (Wildman–Crippen LogP) is 0.597. The summed E-state index contributed by atoms with van der Waals surface area (Å²) in [5.74, 6) is -0.0894. The minimum atomic E-state index is -0.112. The molecule has 1 saturated heterocycles. The Labute approximate surface area is 105 Å². The van der Waals surface area contributed by atoms with Crippen molar-refractivity contribution in [1.29, 1.82) is 0 Å². The molecule has 2 atom stereocenters. The van der Waals surface area contributed by atoms with E-state index < -0.39 is 0 Å². The van der Waals surface area contributed by atoms with Crippen LogP contribution >= 0.6 is 11.3 Å². The molecule has 94 valence electrons. The van der Waals surface area contributed by atoms with E-state index in [-0.39, 0.29) is 18.0 Å². The van der Waals surface area contributed by atoms with Crippen molar-refractivity contribution in [2.75, 3.05) is 20.1 Å². The second kappa shape index (κ2) is 5.12. The number of nitrogens with one attached hydrogen (secondary N) is 1. The Morgan fingerprint density at radius 2 is 2.53 bits per heavy atom. The van der Waals surface area contributed by atoms with E-state index in [1.807, 2.05) is 6.92 Å². The first-order valence-electron chi connectivity index (χ1n) is 5.76. The number of hydrogen-bond donors (Lipinski definition) is 2. The smallest absolute Gasteiger partial charge is 0.271 e. The van der Waals surface area contributed by atoms with E-state index >= 15 is 0 Å². The molecule has 2 unspecified atom stereocenters. The quantitative estimate of drug-likeness (QED) is 0.828. The van der Waals surface area contributed by atoms with Gasteiger partial charge in [-0.1, -0.05) is 0 Å². The number of carbonyl (C=O) groups is 1. The third-order valence-electron chi connectivity index (χ3n) is 2.87. The zero-order valence-electron chi connectivity index (χ0n) is 10.1. The number of rotatable bonds is 3. The topological polar surface area (TPSA) is 71.2 Å². The SMILES string of the molecule is CC(N)c1nc(C(=O)NC2CCN(C)C2)cs1. The lowest BCUT2D eigenvalue weighted by Crippen LogP contribution is -2.36. The molecule has 0 aromatic carbocycles. The van der Waals surface area contributed by atoms with Crippen LogP contribution < -0.4 is 11.1 Å². The maximum atomic E-state index is 11.9. The van der Waals surface area contributed by atoms with Gasteiger partial charge in [-0.05, 0) is 26.9 Å². The minimum Gasteiger partial charge on any atom is -0.347 e. The lowest BCUT2D eigenvalue weighted by Gasteiger charge is -2.11. The zero-order valence-corrected chi connectivity index (χ0v) is 11.0. The molecule has 1 aliphatic heterocycles. The molecule has 2 heterocycles. The second-order valence-electron chi connectivity index (χ2n) is 4.58. The maximum Gasteiger partial charge on any atom is 0.271 e. The van der Waals surface area contributed by atoms with E-state index in [0.717, 1.165) is 24.5 Å². The summed E-state index contributed by atoms with van der Waals surface area (Å²) in [6.07, 6.45) is 1.01. The van der Waals surface area contributed by atoms with Crippen LogP contribution in [0.4, 0.5) is 0 Å². The van der Waals surface area contributed by atoms with Crippen molar-refractivity contribution in [3.05, 3.63) is 16.1 Å². The Morgan fingerprint density at radius 1 is 1.76 bits per heavy atom. The van der Waals surface area contributed by atoms with Crippen molar-refractivity contribution < 1.29 is 4.79 Å². The highest BCUT2D eigenvalue weighted by molar-refractivity contribution is 7.09. The lowest BCUT2D eigenvalue weighted by atomic mass is 10.2. The fraction of sp³-hybridized carbons (Fsp3) is 0.636. The Morgan fingerprint density at radius 3 is 3.06 bits per heavy atom. The fourth-order valence-corrected chi connectivity index (χ4v) is 2.67. The van der Waals surface area contributed by atoms with Gasteiger partial charge in [-0.15, -0.1) is 11.3 Å². The first-order chi connectivity index (χ1) is 8.06. The summed E-state index contributed by atoms with van der Waals surface area (Å²) >= 11 is 1.44. The molecular weight excluding hydrogens is 236 g/mol. The zero-order chi connectivity index (χ0) is 12.4. The highest BCUT2D eigenvalue weighted by Gasteiger charge is 2.22. The summed E-state index contributed by atoms with van der Waals surface area (Å²) in [7, 11) is 2.06. The number of thiazole rings is 1. The molecule has 2 rings (SSSR count). The molecule has 17 heavy (non-hydrogen) atoms. The van der Waals surface area contributed by atoms with E-state index in [0.29, 0.717) is 5.69 Å². The number of hydrogen-bond acceptors (Lipinski definition) is 5. The monoisotopic (exact) mass is 254 g/mol. The molecule has 1 aliphatic rings. The molecule has 1 aromatic heterocycles. The second-order valence-corrected chi connectivity index (χ2v) is 5.47. The van der Waals surface area contributed by atoms with Gasteiger partial charge in [-0.25, -0.2) is 4.98 Å². The molecule has 3 N–H and O–H groups in total. The van der Waals surface area contributed by atoms with Crippen molar-refractivity contribution >= 4 is 17.2 Å². The van der Waals surface area contributed by atoms with Gasteiger partial charge in [-0.3, -0.25) is 4.79 Å². The van der Waals surface area contributed by atoms with E-state index in [1.165, 1.54) is 11.3 Å². The van der Waals surface area contributed by atoms with Crippen LogP contribution in [-0.4, -0.2) is 42.0 Å². The van der Waals surface area contributed by atoms with Gasteiger partial charge in [0, 0.05) is 18.0 Å². The Bertz CT molecular complexity index is 404. The van der Waals surface area contributed by atoms with Crippen molar-refractivity contribution in [1.82, 2.24) is 15.2 Å². The molecule has 0 saturated carbocycles. The van der Waals surface area contributed by atoms with Crippen LogP contribution in [0.3, 0.4) is 0 Å². The van der Waals surface area contributed by atoms with Gasteiger partial charge in [0.05, 0.1) is 6.04 Å². The van der Waals surface area contributed by atoms with E-state index in [2.05, 4.69) is 22.2 Å². The average molecular weight is 254 g/mol. The first kappa shape index (κ1) is 12.5. The van der Waals surface area contributed by atoms with Crippen LogP contribution in [0.15, 0.2) is 5.38 Å². The van der Waals surface area contributed by atoms with Crippen LogP contribution in [0.5, 0.6) is 0 Å². The maximum absolute atomic E-state index is 11.9. The van der Waals surface area contributed by atoms with E-state index in [4.69, 9.17) is 5.73 Å². The minimum absolute atomic E-state index is 0.0894. The molecule has 0 radical (unpaired) electrons. The molecular formula is C11H18N4OS. The predicted molar refractivity (Wildman–Crippen MR) is 68.1 cm³/mol. The number of nitrogens with two attached hydrogens (primary N) is 1. The Hall–Kier alpha value is -0.980. The molecule has 6 heteroatoms. The summed E-state index contributed by atoms with van der Waals surface area (Å²) < 4.78 is 0. The summed E-state index contributed by atoms with van der Waals surface area (Å²) in [6, 6.07) is 0.132. The molecule has 1 aromatic rings. The van der Waals surface area contributed by atoms with Gasteiger partial charge in [0.15, 0.2) is 0 Å². The molecule has 0 bridgehead atoms. The normalized spacial score (nSPS) is 22.6. The first-order valence-corrected chi connectivity index (χ1v) is 6.64. The number of likely N-dealkylation sites (N-methyl/N-ethyl adjacent to an activating group) is 1. The average Bonchev–Trinajstić information content (AvgIpc) is 2.86. The molecule has 1 fully saturated rings. The van der Waals surface area contributed by atoms with Gasteiger partial charge in [0.1, 0.15) is 10.7 Å². The third-order valence-corrected chi connectivity index (χ3v) is 3.92. The van der Waals surface area contributed by atoms with Gasteiger partial charge in [0.25, 0.3) is 5.91 Å². The number of amides is 1. The Kier molecular flexibility index (Phi) is 3.76. The lowest BCUT2D eigenvalue weighted by molar-refractivity contribution is 0.0934. The van der Waals surface area contributed by atoms with Crippen molar-refractivity contribution in [3.63, 3.8) is 0 Å². The summed E-state index contributed by atoms with van der Waals surface area (Å²) in [6.45, 7) is 3.82. The van der Waals surface area contributed by atoms with Gasteiger partial charge in [-0.2, -0.15) is 0 Å². The molecule has 0 aliphatic carbocycles. The highest BCUT2D eigenvalue weighted by Crippen LogP contribution is 2.16. The van der Waals surface area contributed by atoms with Crippen LogP contribution in [0.25, 0.3) is 0 Å². The largest absolute Gasteiger partial charge is 0.347 e. The number of nitrogens with zero attached hydrogens (tertiary/aromatic N) is 2. The fourth-order valence-electron chi connectivity index (χ4n) is 1.91. The van der Waals surface area contributed by atoms with Crippen LogP contribution in [0.2, 0.25) is 0 Å². The van der Waals surface area contributed by atoms with Crippen molar-refractivity contribution in [2.24, 2.45) is 5.73 Å². The number of likely N-dealkylation sites (tertiary alicyclic amines) is 1. The highest BCUT2D eigenvalue weighted by atomic mass is 32.1. The van der Waals surface area contributed by atoms with E-state index in [9.17, 15) is 4.79 Å². The van der Waals surface area contributed by atoms with Crippen LogP contribution in [-0.2, 0) is 0 Å². The third kappa shape index (κ3) is 3.02. The standard InChI is InChI=1S/C11H18N4OS/c1-7(12)11-14-9(6-17-11)10(16)13-8-3-4-15(2)5-8/h6-8H,3-5,12H2,1-2H3,(H,13,16). The number of carbonyl (C=O) groups excluding carboxylic acids is 1. The van der Waals surface area contributed by atoms with Gasteiger partial charge >= 0.3 is 0 Å². The van der Waals surface area contributed by atoms with Crippen molar-refractivity contribution in [3.8, 4) is 0 Å². The number of aromatic nitrogens is 1. The van der Waals surface area contributed by atoms with Gasteiger partial charge < -0.3 is 16.0 Å². The van der Waals surface area contributed by atoms with Crippen LogP contribution in [0.1, 0.15) is 34.9 Å².